The van der Waals surface area contributed by atoms with Crippen LogP contribution in [0.5, 0.6) is 0 Å². The topological polar surface area (TPSA) is 9.72 Å². The number of rotatable bonds is 3. The number of terminal acetylenes is 2. The average Bonchev–Trinajstić information content (AvgIpc) is 2.83. The van der Waals surface area contributed by atoms with Crippen molar-refractivity contribution in [1.29, 1.82) is 0 Å². The Balaban J connectivity index is 1.90. The fourth-order valence-corrected chi connectivity index (χ4v) is 3.74. The monoisotopic (exact) mass is 381 g/mol. The summed E-state index contributed by atoms with van der Waals surface area (Å²) in [5.74, 6) is 11.5. The third kappa shape index (κ3) is 3.75. The summed E-state index contributed by atoms with van der Waals surface area (Å²) in [5.41, 5.74) is 3.08. The maximum absolute atomic E-state index is 6.09. The quantitative estimate of drug-likeness (QED) is 0.510. The van der Waals surface area contributed by atoms with Gasteiger partial charge in [0.15, 0.2) is 0 Å². The van der Waals surface area contributed by atoms with Crippen molar-refractivity contribution in [2.24, 2.45) is 0 Å². The summed E-state index contributed by atoms with van der Waals surface area (Å²) in [6, 6.07) is 30.5. The van der Waals surface area contributed by atoms with E-state index in [2.05, 4.69) is 61.9 Å². The first-order valence-corrected chi connectivity index (χ1v) is 9.72. The molecule has 0 unspecified atom stereocenters. The zero-order valence-electron chi connectivity index (χ0n) is 16.5. The Kier molecular flexibility index (Phi) is 5.75. The van der Waals surface area contributed by atoms with E-state index in [-0.39, 0.29) is 14.0 Å². The molecule has 1 saturated heterocycles. The molecule has 0 saturated carbocycles. The molecule has 1 fully saturated rings. The standard InChI is InChI=1S/C24H18B3N3/c1-3-5-21-27-29(23-17-11-7-12-18-23)25-28(22-15-9-6-10-16-22)26(4-2)30(27)24-19-13-8-14-20-24/h1-2,6-20,25H. The number of benzene rings is 3. The molecule has 0 aliphatic carbocycles. The van der Waals surface area contributed by atoms with Crippen LogP contribution in [0.4, 0.5) is 17.1 Å². The smallest absolute Gasteiger partial charge is 0.416 e. The van der Waals surface area contributed by atoms with E-state index in [0.717, 1.165) is 17.1 Å². The molecular formula is C24H18B3N3. The van der Waals surface area contributed by atoms with Gasteiger partial charge in [-0.15, -0.1) is 18.7 Å². The first kappa shape index (κ1) is 19.3. The van der Waals surface area contributed by atoms with E-state index < -0.39 is 0 Å². The second-order valence-electron chi connectivity index (χ2n) is 6.82. The Morgan fingerprint density at radius 2 is 1.10 bits per heavy atom. The third-order valence-electron chi connectivity index (χ3n) is 5.07. The molecule has 0 bridgehead atoms. The molecule has 138 valence electrons. The maximum atomic E-state index is 6.09. The van der Waals surface area contributed by atoms with Crippen LogP contribution in [0, 0.1) is 36.3 Å². The van der Waals surface area contributed by atoms with Gasteiger partial charge >= 0.3 is 21.5 Å². The number of hydrogen-bond donors (Lipinski definition) is 0. The molecule has 0 radical (unpaired) electrons. The maximum Gasteiger partial charge on any atom is 0.444 e. The summed E-state index contributed by atoms with van der Waals surface area (Å²) in [6.07, 6.45) is 11.6. The molecule has 1 aliphatic heterocycles. The molecule has 0 spiro atoms. The van der Waals surface area contributed by atoms with E-state index in [9.17, 15) is 0 Å². The minimum absolute atomic E-state index is 0.313. The molecule has 3 aromatic carbocycles. The summed E-state index contributed by atoms with van der Waals surface area (Å²) >= 11 is 0. The Labute approximate surface area is 180 Å². The second-order valence-corrected chi connectivity index (χ2v) is 6.82. The number of hydrogen-bond acceptors (Lipinski definition) is 3. The highest BCUT2D eigenvalue weighted by Gasteiger charge is 2.46. The lowest BCUT2D eigenvalue weighted by atomic mass is 9.49. The molecule has 3 nitrogen and oxygen atoms in total. The van der Waals surface area contributed by atoms with Crippen LogP contribution >= 0.6 is 0 Å². The summed E-state index contributed by atoms with van der Waals surface area (Å²) in [5, 5.41) is 0. The molecule has 4 rings (SSSR count). The first-order valence-electron chi connectivity index (χ1n) is 9.72. The van der Waals surface area contributed by atoms with E-state index >= 15 is 0 Å². The molecule has 6 heteroatoms. The molecule has 1 aliphatic rings. The van der Waals surface area contributed by atoms with Crippen LogP contribution in [0.15, 0.2) is 91.0 Å². The van der Waals surface area contributed by atoms with Crippen LogP contribution in [-0.4, -0.2) is 21.5 Å². The van der Waals surface area contributed by atoms with Crippen molar-refractivity contribution in [3.63, 3.8) is 0 Å². The zero-order valence-corrected chi connectivity index (χ0v) is 16.5. The Hall–Kier alpha value is -4.07. The van der Waals surface area contributed by atoms with Crippen molar-refractivity contribution in [3.05, 3.63) is 91.0 Å². The van der Waals surface area contributed by atoms with E-state index in [1.807, 2.05) is 66.7 Å². The number of anilines is 3. The zero-order chi connectivity index (χ0) is 20.8. The molecule has 1 heterocycles. The lowest BCUT2D eigenvalue weighted by Gasteiger charge is -2.49. The molecule has 0 amide bonds. The normalized spacial score (nSPS) is 12.9. The van der Waals surface area contributed by atoms with E-state index in [1.54, 1.807) is 0 Å². The first-order chi connectivity index (χ1) is 14.8. The van der Waals surface area contributed by atoms with Gasteiger partial charge in [-0.25, -0.2) is 0 Å². The van der Waals surface area contributed by atoms with Gasteiger partial charge in [-0.1, -0.05) is 60.4 Å². The van der Waals surface area contributed by atoms with Gasteiger partial charge in [0.2, 0.25) is 0 Å². The van der Waals surface area contributed by atoms with Crippen LogP contribution < -0.4 is 14.2 Å². The van der Waals surface area contributed by atoms with Crippen LogP contribution in [0.25, 0.3) is 0 Å². The summed E-state index contributed by atoms with van der Waals surface area (Å²) in [4.78, 5) is 0. The lowest BCUT2D eigenvalue weighted by molar-refractivity contribution is 1.32. The van der Waals surface area contributed by atoms with Gasteiger partial charge in [0.1, 0.15) is 0 Å². The second kappa shape index (κ2) is 8.96. The molecule has 0 atom stereocenters. The van der Waals surface area contributed by atoms with E-state index in [4.69, 9.17) is 12.8 Å². The molecule has 0 aromatic heterocycles. The van der Waals surface area contributed by atoms with Crippen molar-refractivity contribution in [1.82, 2.24) is 0 Å². The fourth-order valence-electron chi connectivity index (χ4n) is 3.74. The van der Waals surface area contributed by atoms with Crippen LogP contribution in [-0.2, 0) is 0 Å². The molecule has 0 N–H and O–H groups in total. The van der Waals surface area contributed by atoms with Crippen LogP contribution in [0.3, 0.4) is 0 Å². The Morgan fingerprint density at radius 3 is 1.57 bits per heavy atom. The molecule has 30 heavy (non-hydrogen) atoms. The van der Waals surface area contributed by atoms with Crippen molar-refractivity contribution in [3.8, 4) is 36.3 Å². The average molecular weight is 381 g/mol. The van der Waals surface area contributed by atoms with Crippen molar-refractivity contribution in [2.75, 3.05) is 14.2 Å². The fraction of sp³-hybridized carbons (Fsp3) is 0. The highest BCUT2D eigenvalue weighted by Crippen LogP contribution is 2.29. The van der Waals surface area contributed by atoms with Crippen molar-refractivity contribution < 1.29 is 0 Å². The highest BCUT2D eigenvalue weighted by atomic mass is 15.3. The van der Waals surface area contributed by atoms with Crippen molar-refractivity contribution in [2.45, 2.75) is 0 Å². The number of para-hydroxylation sites is 3. The highest BCUT2D eigenvalue weighted by molar-refractivity contribution is 7.05. The van der Waals surface area contributed by atoms with Gasteiger partial charge in [0.05, 0.1) is 0 Å². The van der Waals surface area contributed by atoms with Crippen molar-refractivity contribution >= 4 is 38.6 Å². The molecular weight excluding hydrogens is 363 g/mol. The van der Waals surface area contributed by atoms with Gasteiger partial charge < -0.3 is 14.2 Å². The minimum Gasteiger partial charge on any atom is -0.416 e. The largest absolute Gasteiger partial charge is 0.444 e. The van der Waals surface area contributed by atoms with Crippen LogP contribution in [0.2, 0.25) is 0 Å². The predicted molar refractivity (Wildman–Crippen MR) is 131 cm³/mol. The lowest BCUT2D eigenvalue weighted by Crippen LogP contribution is -2.74. The Morgan fingerprint density at radius 1 is 0.633 bits per heavy atom. The van der Waals surface area contributed by atoms with Gasteiger partial charge in [-0.2, -0.15) is 0 Å². The summed E-state index contributed by atoms with van der Waals surface area (Å²) in [6.45, 7) is -0.640. The minimum atomic E-state index is -0.327. The SMILES string of the molecule is C#CC#CB1N(c2ccccc2)BN(c2ccccc2)B(C#C)N1c1ccccc1. The predicted octanol–water partition coefficient (Wildman–Crippen LogP) is 3.11. The van der Waals surface area contributed by atoms with Gasteiger partial charge in [-0.05, 0) is 48.2 Å². The van der Waals surface area contributed by atoms with E-state index in [0.29, 0.717) is 7.55 Å². The van der Waals surface area contributed by atoms with Crippen LogP contribution in [0.1, 0.15) is 0 Å². The summed E-state index contributed by atoms with van der Waals surface area (Å²) < 4.78 is 6.57. The van der Waals surface area contributed by atoms with Gasteiger partial charge in [0.25, 0.3) is 0 Å². The molecule has 3 aromatic rings. The summed E-state index contributed by atoms with van der Waals surface area (Å²) in [7, 11) is 0.580. The number of nitrogens with zero attached hydrogens (tertiary/aromatic N) is 3. The van der Waals surface area contributed by atoms with Gasteiger partial charge in [-0.3, -0.25) is 0 Å². The van der Waals surface area contributed by atoms with E-state index in [1.165, 1.54) is 0 Å². The third-order valence-corrected chi connectivity index (χ3v) is 5.07. The van der Waals surface area contributed by atoms with Gasteiger partial charge in [0, 0.05) is 17.1 Å². The Bertz CT molecular complexity index is 1130.